The predicted molar refractivity (Wildman–Crippen MR) is 149 cm³/mol. The number of aliphatic carboxylic acids is 1. The van der Waals surface area contributed by atoms with Gasteiger partial charge in [-0.15, -0.1) is 0 Å². The van der Waals surface area contributed by atoms with Crippen LogP contribution in [0.3, 0.4) is 0 Å². The van der Waals surface area contributed by atoms with Crippen LogP contribution in [-0.4, -0.2) is 73.5 Å². The van der Waals surface area contributed by atoms with Crippen molar-refractivity contribution in [2.45, 2.75) is 24.5 Å². The summed E-state index contributed by atoms with van der Waals surface area (Å²) in [5.41, 5.74) is 5.52. The second-order valence-corrected chi connectivity index (χ2v) is 10.3. The van der Waals surface area contributed by atoms with E-state index in [0.29, 0.717) is 6.54 Å². The molecule has 2 aliphatic rings. The topological polar surface area (TPSA) is 117 Å². The standard InChI is InChI=1S/C31H33N3O6/c1-34(15-20-9-3-2-4-10-20)16-27(30(36)37)32-29(35)26-17-39-19-28(26)33-31(38)40-18-25-23-13-7-5-11-21(23)22-12-6-8-14-24(22)25/h2-14,25-28H,15-19H2,1H3,(H,32,35)(H,33,38)(H,36,37). The molecule has 0 radical (unpaired) electrons. The zero-order valence-electron chi connectivity index (χ0n) is 22.3. The van der Waals surface area contributed by atoms with Crippen molar-refractivity contribution in [2.75, 3.05) is 33.4 Å². The average Bonchev–Trinajstić information content (AvgIpc) is 3.54. The molecule has 2 amide bonds. The molecule has 9 nitrogen and oxygen atoms in total. The Balaban J connectivity index is 1.15. The molecule has 208 valence electrons. The smallest absolute Gasteiger partial charge is 0.407 e. The number of alkyl carbamates (subject to hydrolysis) is 1. The lowest BCUT2D eigenvalue weighted by molar-refractivity contribution is -0.143. The van der Waals surface area contributed by atoms with Gasteiger partial charge in [0.2, 0.25) is 5.91 Å². The van der Waals surface area contributed by atoms with E-state index < -0.39 is 36.0 Å². The van der Waals surface area contributed by atoms with Gasteiger partial charge in [0.05, 0.1) is 25.2 Å². The fourth-order valence-electron chi connectivity index (χ4n) is 5.48. The van der Waals surface area contributed by atoms with Crippen molar-refractivity contribution in [1.29, 1.82) is 0 Å². The number of rotatable bonds is 10. The number of fused-ring (bicyclic) bond motifs is 3. The van der Waals surface area contributed by atoms with Crippen molar-refractivity contribution in [3.05, 3.63) is 95.6 Å². The zero-order chi connectivity index (χ0) is 28.1. The number of nitrogens with one attached hydrogen (secondary N) is 2. The minimum Gasteiger partial charge on any atom is -0.480 e. The van der Waals surface area contributed by atoms with E-state index >= 15 is 0 Å². The molecule has 1 aliphatic carbocycles. The van der Waals surface area contributed by atoms with Gasteiger partial charge in [-0.05, 0) is 34.9 Å². The van der Waals surface area contributed by atoms with Crippen LogP contribution in [0.2, 0.25) is 0 Å². The Hall–Kier alpha value is -4.21. The van der Waals surface area contributed by atoms with Gasteiger partial charge in [0.15, 0.2) is 0 Å². The van der Waals surface area contributed by atoms with Gasteiger partial charge in [-0.3, -0.25) is 9.69 Å². The highest BCUT2D eigenvalue weighted by Gasteiger charge is 2.38. The SMILES string of the molecule is CN(Cc1ccccc1)CC(NC(=O)C1COCC1NC(=O)OCC1c2ccccc2-c2ccccc21)C(=O)O. The summed E-state index contributed by atoms with van der Waals surface area (Å²) in [6.45, 7) is 1.02. The van der Waals surface area contributed by atoms with Crippen LogP contribution in [0.4, 0.5) is 4.79 Å². The second-order valence-electron chi connectivity index (χ2n) is 10.3. The summed E-state index contributed by atoms with van der Waals surface area (Å²) in [6, 6.07) is 24.1. The van der Waals surface area contributed by atoms with Gasteiger partial charge in [0.1, 0.15) is 12.6 Å². The molecule has 3 unspecified atom stereocenters. The Kier molecular flexibility index (Phi) is 8.42. The van der Waals surface area contributed by atoms with Crippen molar-refractivity contribution >= 4 is 18.0 Å². The van der Waals surface area contributed by atoms with E-state index in [4.69, 9.17) is 9.47 Å². The summed E-state index contributed by atoms with van der Waals surface area (Å²) in [5, 5.41) is 15.1. The van der Waals surface area contributed by atoms with Crippen LogP contribution in [0.1, 0.15) is 22.6 Å². The maximum absolute atomic E-state index is 13.1. The van der Waals surface area contributed by atoms with Crippen molar-refractivity contribution in [3.8, 4) is 11.1 Å². The molecule has 1 heterocycles. The predicted octanol–water partition coefficient (Wildman–Crippen LogP) is 3.24. The van der Waals surface area contributed by atoms with Crippen molar-refractivity contribution in [3.63, 3.8) is 0 Å². The Morgan fingerprint density at radius 1 is 0.950 bits per heavy atom. The van der Waals surface area contributed by atoms with Gasteiger partial charge in [-0.1, -0.05) is 78.9 Å². The number of benzene rings is 3. The largest absolute Gasteiger partial charge is 0.480 e. The Labute approximate surface area is 233 Å². The molecule has 5 rings (SSSR count). The van der Waals surface area contributed by atoms with Crippen LogP contribution in [-0.2, 0) is 25.6 Å². The van der Waals surface area contributed by atoms with E-state index in [-0.39, 0.29) is 32.3 Å². The fourth-order valence-corrected chi connectivity index (χ4v) is 5.48. The number of ether oxygens (including phenoxy) is 2. The number of carbonyl (C=O) groups excluding carboxylic acids is 2. The van der Waals surface area contributed by atoms with E-state index in [2.05, 4.69) is 22.8 Å². The van der Waals surface area contributed by atoms with Gasteiger partial charge < -0.3 is 25.2 Å². The fraction of sp³-hybridized carbons (Fsp3) is 0.323. The number of hydrogen-bond acceptors (Lipinski definition) is 6. The quantitative estimate of drug-likeness (QED) is 0.359. The minimum atomic E-state index is -1.13. The number of hydrogen-bond donors (Lipinski definition) is 3. The molecule has 3 aromatic carbocycles. The van der Waals surface area contributed by atoms with Gasteiger partial charge in [0, 0.05) is 19.0 Å². The summed E-state index contributed by atoms with van der Waals surface area (Å²) >= 11 is 0. The molecular formula is C31H33N3O6. The molecule has 1 saturated heterocycles. The van der Waals surface area contributed by atoms with Gasteiger partial charge >= 0.3 is 12.1 Å². The number of carboxylic acids is 1. The van der Waals surface area contributed by atoms with Crippen LogP contribution in [0.5, 0.6) is 0 Å². The number of likely N-dealkylation sites (N-methyl/N-ethyl adjacent to an activating group) is 1. The summed E-state index contributed by atoms with van der Waals surface area (Å²) in [6.07, 6.45) is -0.646. The van der Waals surface area contributed by atoms with E-state index in [1.807, 2.05) is 71.6 Å². The maximum Gasteiger partial charge on any atom is 0.407 e. The monoisotopic (exact) mass is 543 g/mol. The average molecular weight is 544 g/mol. The number of carboxylic acid groups (broad SMARTS) is 1. The third kappa shape index (κ3) is 6.16. The zero-order valence-corrected chi connectivity index (χ0v) is 22.3. The van der Waals surface area contributed by atoms with E-state index in [1.54, 1.807) is 7.05 Å². The van der Waals surface area contributed by atoms with Crippen molar-refractivity contribution < 1.29 is 29.0 Å². The minimum absolute atomic E-state index is 0.0757. The first-order valence-electron chi connectivity index (χ1n) is 13.4. The summed E-state index contributed by atoms with van der Waals surface area (Å²) in [5.74, 6) is -2.43. The van der Waals surface area contributed by atoms with Crippen molar-refractivity contribution in [1.82, 2.24) is 15.5 Å². The molecule has 40 heavy (non-hydrogen) atoms. The third-order valence-corrected chi connectivity index (χ3v) is 7.47. The Morgan fingerprint density at radius 3 is 2.23 bits per heavy atom. The molecule has 3 aromatic rings. The maximum atomic E-state index is 13.1. The molecule has 3 N–H and O–H groups in total. The normalized spacial score (nSPS) is 18.6. The highest BCUT2D eigenvalue weighted by Crippen LogP contribution is 2.44. The first kappa shape index (κ1) is 27.4. The molecule has 0 aromatic heterocycles. The Morgan fingerprint density at radius 2 is 1.57 bits per heavy atom. The van der Waals surface area contributed by atoms with Gasteiger partial charge in [-0.25, -0.2) is 9.59 Å². The van der Waals surface area contributed by atoms with Crippen LogP contribution in [0.15, 0.2) is 78.9 Å². The molecule has 3 atom stereocenters. The molecule has 1 aliphatic heterocycles. The highest BCUT2D eigenvalue weighted by atomic mass is 16.5. The van der Waals surface area contributed by atoms with Crippen molar-refractivity contribution in [2.24, 2.45) is 5.92 Å². The summed E-state index contributed by atoms with van der Waals surface area (Å²) < 4.78 is 11.1. The first-order valence-corrected chi connectivity index (χ1v) is 13.4. The molecular weight excluding hydrogens is 510 g/mol. The lowest BCUT2D eigenvalue weighted by Gasteiger charge is -2.25. The number of carbonyl (C=O) groups is 3. The third-order valence-electron chi connectivity index (χ3n) is 7.47. The van der Waals surface area contributed by atoms with Gasteiger partial charge in [-0.2, -0.15) is 0 Å². The van der Waals surface area contributed by atoms with E-state index in [1.165, 1.54) is 0 Å². The first-order chi connectivity index (χ1) is 19.4. The number of amides is 2. The second kappa shape index (κ2) is 12.3. The van der Waals surface area contributed by atoms with Gasteiger partial charge in [0.25, 0.3) is 0 Å². The molecule has 0 saturated carbocycles. The molecule has 0 spiro atoms. The molecule has 1 fully saturated rings. The lowest BCUT2D eigenvalue weighted by atomic mass is 9.98. The van der Waals surface area contributed by atoms with Crippen LogP contribution in [0, 0.1) is 5.92 Å². The molecule has 0 bridgehead atoms. The summed E-state index contributed by atoms with van der Waals surface area (Å²) in [7, 11) is 1.80. The van der Waals surface area contributed by atoms with Crippen LogP contribution in [0.25, 0.3) is 11.1 Å². The Bertz CT molecular complexity index is 1320. The highest BCUT2D eigenvalue weighted by molar-refractivity contribution is 5.86. The lowest BCUT2D eigenvalue weighted by Crippen LogP contribution is -2.53. The van der Waals surface area contributed by atoms with Crippen LogP contribution >= 0.6 is 0 Å². The van der Waals surface area contributed by atoms with E-state index in [0.717, 1.165) is 27.8 Å². The van der Waals surface area contributed by atoms with Crippen LogP contribution < -0.4 is 10.6 Å². The number of nitrogens with zero attached hydrogens (tertiary/aromatic N) is 1. The van der Waals surface area contributed by atoms with E-state index in [9.17, 15) is 19.5 Å². The molecule has 9 heteroatoms. The summed E-state index contributed by atoms with van der Waals surface area (Å²) in [4.78, 5) is 39.6.